The molecule has 2 aliphatic rings. The Kier molecular flexibility index (Phi) is 5.29. The van der Waals surface area contributed by atoms with Crippen molar-refractivity contribution in [3.8, 4) is 0 Å². The summed E-state index contributed by atoms with van der Waals surface area (Å²) in [6.07, 6.45) is 5.23. The average Bonchev–Trinajstić information content (AvgIpc) is 2.82. The molecule has 0 aromatic carbocycles. The Morgan fingerprint density at radius 3 is 2.50 bits per heavy atom. The van der Waals surface area contributed by atoms with Crippen LogP contribution in [-0.4, -0.2) is 37.0 Å². The maximum Gasteiger partial charge on any atom is 0.227 e. The van der Waals surface area contributed by atoms with Gasteiger partial charge in [-0.1, -0.05) is 6.08 Å². The normalized spacial score (nSPS) is 26.2. The number of hydrogen-bond donors (Lipinski definition) is 1. The minimum atomic E-state index is 0. The summed E-state index contributed by atoms with van der Waals surface area (Å²) in [5.74, 6) is 1.23. The molecule has 0 aromatic rings. The first kappa shape index (κ1) is 13.5. The van der Waals surface area contributed by atoms with E-state index in [2.05, 4.69) is 11.9 Å². The zero-order valence-corrected chi connectivity index (χ0v) is 10.5. The Hall–Kier alpha value is -0.540. The monoisotopic (exact) mass is 244 g/mol. The van der Waals surface area contributed by atoms with Crippen molar-refractivity contribution in [3.63, 3.8) is 0 Å². The molecule has 1 amide bonds. The molecule has 0 bridgehead atoms. The molecular formula is C12H21ClN2O. The number of amides is 1. The van der Waals surface area contributed by atoms with E-state index in [1.54, 1.807) is 0 Å². The summed E-state index contributed by atoms with van der Waals surface area (Å²) in [7, 11) is 0. The van der Waals surface area contributed by atoms with Crippen LogP contribution in [0.15, 0.2) is 12.7 Å². The van der Waals surface area contributed by atoms with Crippen LogP contribution in [0.5, 0.6) is 0 Å². The molecule has 0 aromatic heterocycles. The van der Waals surface area contributed by atoms with Crippen molar-refractivity contribution < 1.29 is 4.79 Å². The van der Waals surface area contributed by atoms with Gasteiger partial charge in [0.25, 0.3) is 0 Å². The first-order valence-corrected chi connectivity index (χ1v) is 5.93. The van der Waals surface area contributed by atoms with Crippen molar-refractivity contribution in [2.24, 2.45) is 11.8 Å². The van der Waals surface area contributed by atoms with E-state index in [4.69, 9.17) is 0 Å². The number of carbonyl (C=O) groups excluding carboxylic acids is 1. The van der Waals surface area contributed by atoms with E-state index in [0.717, 1.165) is 45.4 Å². The molecule has 2 aliphatic heterocycles. The molecule has 2 heterocycles. The van der Waals surface area contributed by atoms with Crippen LogP contribution in [0, 0.1) is 11.8 Å². The van der Waals surface area contributed by atoms with Crippen LogP contribution >= 0.6 is 12.4 Å². The van der Waals surface area contributed by atoms with Gasteiger partial charge in [0.1, 0.15) is 0 Å². The van der Waals surface area contributed by atoms with E-state index < -0.39 is 0 Å². The lowest BCUT2D eigenvalue weighted by Gasteiger charge is -2.32. The SMILES string of the molecule is C=CC1CCN(C(=O)C2CCNC2)CC1.Cl. The molecule has 2 fully saturated rings. The molecule has 0 saturated carbocycles. The first-order valence-electron chi connectivity index (χ1n) is 5.93. The highest BCUT2D eigenvalue weighted by atomic mass is 35.5. The van der Waals surface area contributed by atoms with Crippen LogP contribution in [-0.2, 0) is 4.79 Å². The molecule has 0 aliphatic carbocycles. The van der Waals surface area contributed by atoms with Gasteiger partial charge in [0, 0.05) is 19.6 Å². The smallest absolute Gasteiger partial charge is 0.227 e. The van der Waals surface area contributed by atoms with Crippen LogP contribution in [0.3, 0.4) is 0 Å². The molecule has 3 nitrogen and oxygen atoms in total. The van der Waals surface area contributed by atoms with Crippen molar-refractivity contribution in [2.45, 2.75) is 19.3 Å². The fourth-order valence-corrected chi connectivity index (χ4v) is 2.48. The average molecular weight is 245 g/mol. The second kappa shape index (κ2) is 6.26. The number of likely N-dealkylation sites (tertiary alicyclic amines) is 1. The molecule has 4 heteroatoms. The van der Waals surface area contributed by atoms with Crippen molar-refractivity contribution >= 4 is 18.3 Å². The predicted octanol–water partition coefficient (Wildman–Crippen LogP) is 1.44. The van der Waals surface area contributed by atoms with Gasteiger partial charge in [-0.05, 0) is 31.7 Å². The molecular weight excluding hydrogens is 224 g/mol. The number of carbonyl (C=O) groups is 1. The molecule has 0 radical (unpaired) electrons. The summed E-state index contributed by atoms with van der Waals surface area (Å²) in [6, 6.07) is 0. The van der Waals surface area contributed by atoms with Crippen LogP contribution in [0.25, 0.3) is 0 Å². The third kappa shape index (κ3) is 2.98. The Bertz CT molecular complexity index is 243. The zero-order chi connectivity index (χ0) is 10.7. The van der Waals surface area contributed by atoms with E-state index in [1.807, 2.05) is 11.0 Å². The Morgan fingerprint density at radius 2 is 2.00 bits per heavy atom. The maximum atomic E-state index is 12.1. The lowest BCUT2D eigenvalue weighted by Crippen LogP contribution is -2.42. The Balaban J connectivity index is 0.00000128. The summed E-state index contributed by atoms with van der Waals surface area (Å²) >= 11 is 0. The molecule has 2 rings (SSSR count). The predicted molar refractivity (Wildman–Crippen MR) is 67.7 cm³/mol. The number of piperidine rings is 1. The molecule has 0 spiro atoms. The second-order valence-corrected chi connectivity index (χ2v) is 4.59. The van der Waals surface area contributed by atoms with Crippen molar-refractivity contribution in [2.75, 3.05) is 26.2 Å². The van der Waals surface area contributed by atoms with Crippen LogP contribution in [0.2, 0.25) is 0 Å². The standard InChI is InChI=1S/C12H20N2O.ClH/c1-2-10-4-7-14(8-5-10)12(15)11-3-6-13-9-11;/h2,10-11,13H,1,3-9H2;1H. The lowest BCUT2D eigenvalue weighted by atomic mass is 9.96. The number of nitrogens with one attached hydrogen (secondary N) is 1. The van der Waals surface area contributed by atoms with Crippen molar-refractivity contribution in [3.05, 3.63) is 12.7 Å². The second-order valence-electron chi connectivity index (χ2n) is 4.59. The van der Waals surface area contributed by atoms with Gasteiger partial charge in [-0.3, -0.25) is 4.79 Å². The maximum absolute atomic E-state index is 12.1. The van der Waals surface area contributed by atoms with Gasteiger partial charge in [0.05, 0.1) is 5.92 Å². The number of nitrogens with zero attached hydrogens (tertiary/aromatic N) is 1. The fraction of sp³-hybridized carbons (Fsp3) is 0.750. The lowest BCUT2D eigenvalue weighted by molar-refractivity contribution is -0.136. The summed E-state index contributed by atoms with van der Waals surface area (Å²) < 4.78 is 0. The van der Waals surface area contributed by atoms with E-state index >= 15 is 0 Å². The molecule has 92 valence electrons. The Morgan fingerprint density at radius 1 is 1.31 bits per heavy atom. The van der Waals surface area contributed by atoms with E-state index in [1.165, 1.54) is 0 Å². The summed E-state index contributed by atoms with van der Waals surface area (Å²) in [5.41, 5.74) is 0. The van der Waals surface area contributed by atoms with Crippen molar-refractivity contribution in [1.29, 1.82) is 0 Å². The highest BCUT2D eigenvalue weighted by Gasteiger charge is 2.29. The van der Waals surface area contributed by atoms with Crippen LogP contribution < -0.4 is 5.32 Å². The quantitative estimate of drug-likeness (QED) is 0.746. The largest absolute Gasteiger partial charge is 0.342 e. The number of allylic oxidation sites excluding steroid dienone is 1. The highest BCUT2D eigenvalue weighted by Crippen LogP contribution is 2.20. The number of hydrogen-bond acceptors (Lipinski definition) is 2. The summed E-state index contributed by atoms with van der Waals surface area (Å²) in [5, 5.41) is 3.25. The molecule has 16 heavy (non-hydrogen) atoms. The van der Waals surface area contributed by atoms with Gasteiger partial charge in [-0.25, -0.2) is 0 Å². The highest BCUT2D eigenvalue weighted by molar-refractivity contribution is 5.85. The Labute approximate surface area is 104 Å². The van der Waals surface area contributed by atoms with Crippen molar-refractivity contribution in [1.82, 2.24) is 10.2 Å². The van der Waals surface area contributed by atoms with Gasteiger partial charge in [0.15, 0.2) is 0 Å². The van der Waals surface area contributed by atoms with Gasteiger partial charge in [-0.15, -0.1) is 19.0 Å². The topological polar surface area (TPSA) is 32.3 Å². The third-order valence-corrected chi connectivity index (χ3v) is 3.59. The molecule has 2 saturated heterocycles. The zero-order valence-electron chi connectivity index (χ0n) is 9.65. The van der Waals surface area contributed by atoms with E-state index in [-0.39, 0.29) is 18.3 Å². The number of rotatable bonds is 2. The molecule has 1 atom stereocenters. The van der Waals surface area contributed by atoms with Gasteiger partial charge >= 0.3 is 0 Å². The van der Waals surface area contributed by atoms with Crippen LogP contribution in [0.1, 0.15) is 19.3 Å². The van der Waals surface area contributed by atoms with Crippen LogP contribution in [0.4, 0.5) is 0 Å². The van der Waals surface area contributed by atoms with Gasteiger partial charge in [0.2, 0.25) is 5.91 Å². The summed E-state index contributed by atoms with van der Waals surface area (Å²) in [6.45, 7) is 7.54. The van der Waals surface area contributed by atoms with Gasteiger partial charge < -0.3 is 10.2 Å². The van der Waals surface area contributed by atoms with Gasteiger partial charge in [-0.2, -0.15) is 0 Å². The first-order chi connectivity index (χ1) is 7.31. The van der Waals surface area contributed by atoms with E-state index in [9.17, 15) is 4.79 Å². The minimum absolute atomic E-state index is 0. The minimum Gasteiger partial charge on any atom is -0.342 e. The summed E-state index contributed by atoms with van der Waals surface area (Å²) in [4.78, 5) is 14.1. The molecule has 1 N–H and O–H groups in total. The van der Waals surface area contributed by atoms with E-state index in [0.29, 0.717) is 11.8 Å². The molecule has 1 unspecified atom stereocenters. The third-order valence-electron chi connectivity index (χ3n) is 3.59. The fourth-order valence-electron chi connectivity index (χ4n) is 2.48. The number of halogens is 1.